The minimum Gasteiger partial charge on any atom is -0.377 e. The third-order valence-corrected chi connectivity index (χ3v) is 4.83. The lowest BCUT2D eigenvalue weighted by Crippen LogP contribution is -2.45. The Kier molecular flexibility index (Phi) is 11.3. The first-order valence-electron chi connectivity index (χ1n) is 9.48. The van der Waals surface area contributed by atoms with Crippen LogP contribution in [0.2, 0.25) is 0 Å². The van der Waals surface area contributed by atoms with E-state index in [0.717, 1.165) is 45.0 Å². The predicted molar refractivity (Wildman–Crippen MR) is 120 cm³/mol. The predicted octanol–water partition coefficient (Wildman–Crippen LogP) is 2.76. The molecule has 1 aliphatic rings. The van der Waals surface area contributed by atoms with Crippen LogP contribution >= 0.6 is 24.0 Å². The summed E-state index contributed by atoms with van der Waals surface area (Å²) >= 11 is 0. The average molecular weight is 488 g/mol. The zero-order valence-corrected chi connectivity index (χ0v) is 19.0. The molecule has 2 N–H and O–H groups in total. The first kappa shape index (κ1) is 23.7. The van der Waals surface area contributed by atoms with E-state index in [1.165, 1.54) is 11.1 Å². The number of nitrogens with one attached hydrogen (secondary N) is 2. The molecule has 0 unspecified atom stereocenters. The molecule has 7 heteroatoms. The van der Waals surface area contributed by atoms with Crippen molar-refractivity contribution in [2.45, 2.75) is 39.3 Å². The highest BCUT2D eigenvalue weighted by Gasteiger charge is 2.22. The molecule has 0 bridgehead atoms. The number of carbonyl (C=O) groups excluding carboxylic acids is 1. The van der Waals surface area contributed by atoms with Crippen LogP contribution in [0.1, 0.15) is 37.3 Å². The third-order valence-electron chi connectivity index (χ3n) is 4.83. The molecule has 27 heavy (non-hydrogen) atoms. The number of likely N-dealkylation sites (tertiary alicyclic amines) is 1. The lowest BCUT2D eigenvalue weighted by atomic mass is 9.93. The number of piperidine rings is 1. The molecule has 0 atom stereocenters. The van der Waals surface area contributed by atoms with Gasteiger partial charge in [0.05, 0.1) is 6.61 Å². The maximum atomic E-state index is 11.5. The average Bonchev–Trinajstić information content (AvgIpc) is 2.68. The molecule has 0 saturated carbocycles. The van der Waals surface area contributed by atoms with Crippen molar-refractivity contribution < 1.29 is 9.53 Å². The van der Waals surface area contributed by atoms with Crippen LogP contribution in [0.15, 0.2) is 29.3 Å². The van der Waals surface area contributed by atoms with Gasteiger partial charge >= 0.3 is 0 Å². The zero-order valence-electron chi connectivity index (χ0n) is 16.7. The molecule has 152 valence electrons. The van der Waals surface area contributed by atoms with Crippen molar-refractivity contribution in [3.63, 3.8) is 0 Å². The van der Waals surface area contributed by atoms with Gasteiger partial charge in [-0.3, -0.25) is 9.79 Å². The molecule has 0 aromatic heterocycles. The van der Waals surface area contributed by atoms with Crippen molar-refractivity contribution >= 4 is 35.8 Å². The van der Waals surface area contributed by atoms with Crippen LogP contribution in [-0.4, -0.2) is 50.6 Å². The Hall–Kier alpha value is -1.35. The molecule has 1 amide bonds. The van der Waals surface area contributed by atoms with E-state index >= 15 is 0 Å². The second-order valence-electron chi connectivity index (χ2n) is 6.66. The number of hydrogen-bond donors (Lipinski definition) is 2. The third kappa shape index (κ3) is 8.04. The van der Waals surface area contributed by atoms with Gasteiger partial charge in [-0.15, -0.1) is 24.0 Å². The first-order valence-corrected chi connectivity index (χ1v) is 9.48. The lowest BCUT2D eigenvalue weighted by molar-refractivity contribution is -0.121. The van der Waals surface area contributed by atoms with Crippen LogP contribution in [0, 0.1) is 5.92 Å². The molecular weight excluding hydrogens is 455 g/mol. The van der Waals surface area contributed by atoms with Gasteiger partial charge < -0.3 is 20.3 Å². The number of ether oxygens (including phenoxy) is 1. The number of amides is 1. The molecule has 1 heterocycles. The molecule has 6 nitrogen and oxygen atoms in total. The Morgan fingerprint density at radius 1 is 1.22 bits per heavy atom. The number of guanidine groups is 1. The van der Waals surface area contributed by atoms with Crippen LogP contribution < -0.4 is 10.6 Å². The minimum absolute atomic E-state index is 0. The number of benzene rings is 1. The summed E-state index contributed by atoms with van der Waals surface area (Å²) in [5.41, 5.74) is 2.42. The number of hydrogen-bond acceptors (Lipinski definition) is 3. The van der Waals surface area contributed by atoms with Gasteiger partial charge in [0.25, 0.3) is 0 Å². The number of rotatable bonds is 7. The Labute approximate surface area is 180 Å². The largest absolute Gasteiger partial charge is 0.377 e. The zero-order chi connectivity index (χ0) is 18.8. The van der Waals surface area contributed by atoms with Crippen molar-refractivity contribution in [1.29, 1.82) is 0 Å². The molecule has 1 aromatic carbocycles. The maximum Gasteiger partial charge on any atom is 0.220 e. The number of aliphatic imine (C=N–C) groups is 1. The normalized spacial score (nSPS) is 15.2. The summed E-state index contributed by atoms with van der Waals surface area (Å²) in [6.45, 7) is 6.03. The second kappa shape index (κ2) is 12.9. The molecule has 1 saturated heterocycles. The fourth-order valence-corrected chi connectivity index (χ4v) is 3.20. The Morgan fingerprint density at radius 3 is 2.41 bits per heavy atom. The fraction of sp³-hybridized carbons (Fsp3) is 0.600. The Bertz CT molecular complexity index is 584. The van der Waals surface area contributed by atoms with E-state index in [1.807, 2.05) is 14.0 Å². The summed E-state index contributed by atoms with van der Waals surface area (Å²) in [6, 6.07) is 8.48. The molecule has 2 rings (SSSR count). The summed E-state index contributed by atoms with van der Waals surface area (Å²) in [5, 5.41) is 6.16. The second-order valence-corrected chi connectivity index (χ2v) is 6.66. The molecule has 0 spiro atoms. The molecular formula is C20H33IN4O2. The van der Waals surface area contributed by atoms with Gasteiger partial charge in [-0.1, -0.05) is 24.3 Å². The fourth-order valence-electron chi connectivity index (χ4n) is 3.20. The SMILES string of the molecule is CCOCc1ccc(CNC(=NC)N2CCC(CC(=O)NC)CC2)cc1.I. The van der Waals surface area contributed by atoms with Gasteiger partial charge in [-0.2, -0.15) is 0 Å². The van der Waals surface area contributed by atoms with E-state index in [0.29, 0.717) is 18.9 Å². The van der Waals surface area contributed by atoms with Crippen molar-refractivity contribution in [2.24, 2.45) is 10.9 Å². The topological polar surface area (TPSA) is 66.0 Å². The van der Waals surface area contributed by atoms with Crippen LogP contribution in [0.3, 0.4) is 0 Å². The van der Waals surface area contributed by atoms with Gasteiger partial charge in [0.15, 0.2) is 5.96 Å². The van der Waals surface area contributed by atoms with Gasteiger partial charge in [-0.05, 0) is 36.8 Å². The standard InChI is InChI=1S/C20H32N4O2.HI/c1-4-26-15-18-7-5-17(6-8-18)14-23-20(22-3)24-11-9-16(10-12-24)13-19(25)21-2;/h5-8,16H,4,9-15H2,1-3H3,(H,21,25)(H,22,23);1H. The summed E-state index contributed by atoms with van der Waals surface area (Å²) in [4.78, 5) is 18.2. The van der Waals surface area contributed by atoms with E-state index in [2.05, 4.69) is 44.8 Å². The summed E-state index contributed by atoms with van der Waals surface area (Å²) in [6.07, 6.45) is 2.69. The van der Waals surface area contributed by atoms with E-state index in [4.69, 9.17) is 4.74 Å². The molecule has 1 aliphatic heterocycles. The maximum absolute atomic E-state index is 11.5. The van der Waals surface area contributed by atoms with Gasteiger partial charge in [0.1, 0.15) is 0 Å². The van der Waals surface area contributed by atoms with Gasteiger partial charge in [-0.25, -0.2) is 0 Å². The molecule has 1 aromatic rings. The van der Waals surface area contributed by atoms with Crippen LogP contribution in [0.4, 0.5) is 0 Å². The van der Waals surface area contributed by atoms with Crippen LogP contribution in [0.25, 0.3) is 0 Å². The molecule has 1 fully saturated rings. The van der Waals surface area contributed by atoms with E-state index in [1.54, 1.807) is 7.05 Å². The van der Waals surface area contributed by atoms with Crippen molar-refractivity contribution in [1.82, 2.24) is 15.5 Å². The number of nitrogens with zero attached hydrogens (tertiary/aromatic N) is 2. The van der Waals surface area contributed by atoms with Gasteiger partial charge in [0, 0.05) is 46.8 Å². The quantitative estimate of drug-likeness (QED) is 0.352. The number of halogens is 1. The highest BCUT2D eigenvalue weighted by Crippen LogP contribution is 2.20. The summed E-state index contributed by atoms with van der Waals surface area (Å²) in [7, 11) is 3.52. The summed E-state index contributed by atoms with van der Waals surface area (Å²) in [5.74, 6) is 1.54. The van der Waals surface area contributed by atoms with E-state index in [9.17, 15) is 4.79 Å². The van der Waals surface area contributed by atoms with E-state index < -0.39 is 0 Å². The smallest absolute Gasteiger partial charge is 0.220 e. The van der Waals surface area contributed by atoms with Gasteiger partial charge in [0.2, 0.25) is 5.91 Å². The summed E-state index contributed by atoms with van der Waals surface area (Å²) < 4.78 is 5.43. The van der Waals surface area contributed by atoms with Crippen molar-refractivity contribution in [3.8, 4) is 0 Å². The van der Waals surface area contributed by atoms with Crippen molar-refractivity contribution in [2.75, 3.05) is 33.8 Å². The Morgan fingerprint density at radius 2 is 1.85 bits per heavy atom. The molecule has 0 radical (unpaired) electrons. The Balaban J connectivity index is 0.00000364. The minimum atomic E-state index is 0. The van der Waals surface area contributed by atoms with Crippen LogP contribution in [-0.2, 0) is 22.7 Å². The monoisotopic (exact) mass is 488 g/mol. The highest BCUT2D eigenvalue weighted by molar-refractivity contribution is 14.0. The molecule has 0 aliphatic carbocycles. The highest BCUT2D eigenvalue weighted by atomic mass is 127. The lowest BCUT2D eigenvalue weighted by Gasteiger charge is -2.34. The van der Waals surface area contributed by atoms with E-state index in [-0.39, 0.29) is 29.9 Å². The van der Waals surface area contributed by atoms with Crippen molar-refractivity contribution in [3.05, 3.63) is 35.4 Å². The first-order chi connectivity index (χ1) is 12.7. The number of carbonyl (C=O) groups is 1. The van der Waals surface area contributed by atoms with Crippen LogP contribution in [0.5, 0.6) is 0 Å².